The maximum atomic E-state index is 12.9. The van der Waals surface area contributed by atoms with E-state index in [1.807, 2.05) is 6.92 Å². The summed E-state index contributed by atoms with van der Waals surface area (Å²) in [6.45, 7) is 1.92. The highest BCUT2D eigenvalue weighted by Gasteiger charge is 2.19. The number of nitrogens with two attached hydrogens (primary N) is 1. The molecule has 16 heavy (non-hydrogen) atoms. The van der Waals surface area contributed by atoms with Gasteiger partial charge in [0.15, 0.2) is 0 Å². The van der Waals surface area contributed by atoms with Crippen LogP contribution in [0.15, 0.2) is 18.2 Å². The van der Waals surface area contributed by atoms with Crippen LogP contribution in [0.3, 0.4) is 0 Å². The van der Waals surface area contributed by atoms with Gasteiger partial charge in [0.1, 0.15) is 5.82 Å². The highest BCUT2D eigenvalue weighted by Crippen LogP contribution is 2.26. The van der Waals surface area contributed by atoms with E-state index in [0.717, 1.165) is 24.6 Å². The van der Waals surface area contributed by atoms with Crippen LogP contribution in [-0.4, -0.2) is 4.92 Å². The molecule has 0 radical (unpaired) electrons. The zero-order valence-electron chi connectivity index (χ0n) is 8.85. The maximum Gasteiger partial charge on any atom is 0.274 e. The van der Waals surface area contributed by atoms with Crippen LogP contribution in [0.5, 0.6) is 0 Å². The van der Waals surface area contributed by atoms with Crippen molar-refractivity contribution >= 4 is 18.1 Å². The van der Waals surface area contributed by atoms with Gasteiger partial charge >= 0.3 is 0 Å². The molecule has 0 aliphatic heterocycles. The molecule has 0 aromatic heterocycles. The first-order chi connectivity index (χ1) is 7.06. The Morgan fingerprint density at radius 2 is 2.19 bits per heavy atom. The minimum absolute atomic E-state index is 0. The molecule has 1 rings (SSSR count). The summed E-state index contributed by atoms with van der Waals surface area (Å²) in [5.41, 5.74) is 5.89. The monoisotopic (exact) mass is 248 g/mol. The number of nitrogens with zero attached hydrogens (tertiary/aromatic N) is 1. The zero-order chi connectivity index (χ0) is 11.4. The lowest BCUT2D eigenvalue weighted by Crippen LogP contribution is -2.12. The van der Waals surface area contributed by atoms with Crippen molar-refractivity contribution < 1.29 is 9.31 Å². The fraction of sp³-hybridized carbons (Fsp3) is 0.400. The van der Waals surface area contributed by atoms with Crippen molar-refractivity contribution in [1.82, 2.24) is 0 Å². The number of rotatable bonds is 4. The third-order valence-corrected chi connectivity index (χ3v) is 2.19. The Kier molecular flexibility index (Phi) is 5.92. The molecule has 0 aliphatic carbocycles. The van der Waals surface area contributed by atoms with Gasteiger partial charge in [-0.05, 0) is 18.6 Å². The minimum Gasteiger partial charge on any atom is -0.324 e. The van der Waals surface area contributed by atoms with Crippen LogP contribution < -0.4 is 5.73 Å². The summed E-state index contributed by atoms with van der Waals surface area (Å²) >= 11 is 0. The van der Waals surface area contributed by atoms with E-state index in [9.17, 15) is 14.5 Å². The van der Waals surface area contributed by atoms with Crippen molar-refractivity contribution in [3.05, 3.63) is 39.7 Å². The molecule has 1 atom stereocenters. The first-order valence-electron chi connectivity index (χ1n) is 4.75. The van der Waals surface area contributed by atoms with Crippen molar-refractivity contribution in [1.29, 1.82) is 0 Å². The number of hydrogen-bond acceptors (Lipinski definition) is 3. The van der Waals surface area contributed by atoms with Crippen molar-refractivity contribution in [3.63, 3.8) is 0 Å². The van der Waals surface area contributed by atoms with Gasteiger partial charge in [-0.3, -0.25) is 10.1 Å². The Labute approximate surface area is 99.2 Å². The Balaban J connectivity index is 0.00000225. The number of benzene rings is 1. The average molecular weight is 249 g/mol. The van der Waals surface area contributed by atoms with Crippen LogP contribution in [-0.2, 0) is 0 Å². The second-order valence-corrected chi connectivity index (χ2v) is 3.36. The van der Waals surface area contributed by atoms with Gasteiger partial charge in [0.2, 0.25) is 0 Å². The maximum absolute atomic E-state index is 12.9. The fourth-order valence-corrected chi connectivity index (χ4v) is 1.46. The molecule has 0 amide bonds. The summed E-state index contributed by atoms with van der Waals surface area (Å²) in [5.74, 6) is -0.498. The van der Waals surface area contributed by atoms with Crippen molar-refractivity contribution in [2.45, 2.75) is 25.8 Å². The predicted molar refractivity (Wildman–Crippen MR) is 62.1 cm³/mol. The third kappa shape index (κ3) is 3.43. The number of nitro groups is 1. The lowest BCUT2D eigenvalue weighted by atomic mass is 10.0. The van der Waals surface area contributed by atoms with Crippen molar-refractivity contribution in [3.8, 4) is 0 Å². The molecule has 1 aromatic carbocycles. The van der Waals surface area contributed by atoms with Gasteiger partial charge < -0.3 is 5.73 Å². The largest absolute Gasteiger partial charge is 0.324 e. The molecule has 1 aromatic rings. The second-order valence-electron chi connectivity index (χ2n) is 3.36. The van der Waals surface area contributed by atoms with Crippen LogP contribution in [0.4, 0.5) is 10.1 Å². The first-order valence-corrected chi connectivity index (χ1v) is 4.75. The molecule has 6 heteroatoms. The Bertz CT molecular complexity index is 374. The topological polar surface area (TPSA) is 69.2 Å². The van der Waals surface area contributed by atoms with E-state index in [0.29, 0.717) is 6.42 Å². The van der Waals surface area contributed by atoms with E-state index in [1.54, 1.807) is 0 Å². The lowest BCUT2D eigenvalue weighted by Gasteiger charge is -2.10. The zero-order valence-corrected chi connectivity index (χ0v) is 9.67. The molecule has 90 valence electrons. The van der Waals surface area contributed by atoms with E-state index in [2.05, 4.69) is 0 Å². The van der Waals surface area contributed by atoms with Crippen LogP contribution in [0.1, 0.15) is 31.4 Å². The quantitative estimate of drug-likeness (QED) is 0.658. The summed E-state index contributed by atoms with van der Waals surface area (Å²) in [5, 5.41) is 10.7. The third-order valence-electron chi connectivity index (χ3n) is 2.19. The summed E-state index contributed by atoms with van der Waals surface area (Å²) in [7, 11) is 0. The molecule has 0 saturated heterocycles. The van der Waals surface area contributed by atoms with Gasteiger partial charge in [-0.2, -0.15) is 0 Å². The summed E-state index contributed by atoms with van der Waals surface area (Å²) in [6.07, 6.45) is 1.40. The first kappa shape index (κ1) is 14.8. The van der Waals surface area contributed by atoms with Crippen LogP contribution in [0.2, 0.25) is 0 Å². The van der Waals surface area contributed by atoms with E-state index >= 15 is 0 Å². The number of halogens is 2. The SMILES string of the molecule is CCC[C@H](N)c1cc(F)ccc1[N+](=O)[O-].Cl. The second kappa shape index (κ2) is 6.40. The van der Waals surface area contributed by atoms with Gasteiger partial charge in [0, 0.05) is 17.7 Å². The van der Waals surface area contributed by atoms with Crippen LogP contribution >= 0.6 is 12.4 Å². The lowest BCUT2D eigenvalue weighted by molar-refractivity contribution is -0.385. The molecule has 4 nitrogen and oxygen atoms in total. The number of nitro benzene ring substituents is 1. The number of hydrogen-bond donors (Lipinski definition) is 1. The molecule has 0 saturated carbocycles. The molecule has 2 N–H and O–H groups in total. The molecule has 0 spiro atoms. The van der Waals surface area contributed by atoms with E-state index in [1.165, 1.54) is 0 Å². The summed E-state index contributed by atoms with van der Waals surface area (Å²) in [6, 6.07) is 2.88. The Hall–Kier alpha value is -1.20. The van der Waals surface area contributed by atoms with Gasteiger partial charge in [-0.15, -0.1) is 12.4 Å². The van der Waals surface area contributed by atoms with Gasteiger partial charge in [-0.25, -0.2) is 4.39 Å². The van der Waals surface area contributed by atoms with Crippen LogP contribution in [0.25, 0.3) is 0 Å². The van der Waals surface area contributed by atoms with Crippen molar-refractivity contribution in [2.24, 2.45) is 5.73 Å². The normalized spacial score (nSPS) is 11.7. The van der Waals surface area contributed by atoms with Gasteiger partial charge in [0.25, 0.3) is 5.69 Å². The van der Waals surface area contributed by atoms with E-state index < -0.39 is 16.8 Å². The molecular formula is C10H14ClFN2O2. The van der Waals surface area contributed by atoms with E-state index in [4.69, 9.17) is 5.73 Å². The smallest absolute Gasteiger partial charge is 0.274 e. The molecular weight excluding hydrogens is 235 g/mol. The van der Waals surface area contributed by atoms with E-state index in [-0.39, 0.29) is 23.7 Å². The minimum atomic E-state index is -0.537. The summed E-state index contributed by atoms with van der Waals surface area (Å²) < 4.78 is 12.9. The molecule has 0 aliphatic rings. The highest BCUT2D eigenvalue weighted by molar-refractivity contribution is 5.85. The molecule has 0 fully saturated rings. The van der Waals surface area contributed by atoms with Crippen LogP contribution in [0, 0.1) is 15.9 Å². The van der Waals surface area contributed by atoms with Crippen molar-refractivity contribution in [2.75, 3.05) is 0 Å². The fourth-order valence-electron chi connectivity index (χ4n) is 1.46. The van der Waals surface area contributed by atoms with Gasteiger partial charge in [0.05, 0.1) is 4.92 Å². The average Bonchev–Trinajstić information content (AvgIpc) is 2.17. The standard InChI is InChI=1S/C10H13FN2O2.ClH/c1-2-3-9(12)8-6-7(11)4-5-10(8)13(14)15;/h4-6,9H,2-3,12H2,1H3;1H/t9-;/m0./s1. The molecule has 0 heterocycles. The Morgan fingerprint density at radius 1 is 1.56 bits per heavy atom. The predicted octanol–water partition coefficient (Wildman–Crippen LogP) is 2.96. The summed E-state index contributed by atoms with van der Waals surface area (Å²) in [4.78, 5) is 10.1. The Morgan fingerprint density at radius 3 is 2.69 bits per heavy atom. The molecule has 0 bridgehead atoms. The highest BCUT2D eigenvalue weighted by atomic mass is 35.5. The molecule has 0 unspecified atom stereocenters. The van der Waals surface area contributed by atoms with Gasteiger partial charge in [-0.1, -0.05) is 13.3 Å².